The number of amides is 1. The summed E-state index contributed by atoms with van der Waals surface area (Å²) in [5.41, 5.74) is 7.23. The molecule has 118 valence electrons. The van der Waals surface area contributed by atoms with E-state index in [9.17, 15) is 4.79 Å². The fourth-order valence-electron chi connectivity index (χ4n) is 2.66. The Kier molecular flexibility index (Phi) is 7.44. The molecular weight excluding hydrogens is 260 g/mol. The van der Waals surface area contributed by atoms with Gasteiger partial charge < -0.3 is 11.1 Å². The highest BCUT2D eigenvalue weighted by atomic mass is 16.2. The van der Waals surface area contributed by atoms with Crippen molar-refractivity contribution in [3.05, 3.63) is 35.9 Å². The van der Waals surface area contributed by atoms with Gasteiger partial charge >= 0.3 is 0 Å². The molecule has 0 heterocycles. The second-order valence-corrected chi connectivity index (χ2v) is 5.88. The number of nitrogens with one attached hydrogen (secondary N) is 1. The van der Waals surface area contributed by atoms with Crippen molar-refractivity contribution in [3.8, 4) is 0 Å². The monoisotopic (exact) mass is 290 g/mol. The Labute approximate surface area is 129 Å². The second kappa shape index (κ2) is 8.83. The van der Waals surface area contributed by atoms with Crippen LogP contribution in [0.25, 0.3) is 0 Å². The van der Waals surface area contributed by atoms with Crippen molar-refractivity contribution >= 4 is 5.91 Å². The zero-order chi connectivity index (χ0) is 15.8. The summed E-state index contributed by atoms with van der Waals surface area (Å²) in [6.07, 6.45) is 2.99. The van der Waals surface area contributed by atoms with Crippen LogP contribution >= 0.6 is 0 Å². The number of hydrogen-bond acceptors (Lipinski definition) is 2. The first-order chi connectivity index (χ1) is 10.0. The number of carbonyl (C=O) groups excluding carboxylic acids is 1. The van der Waals surface area contributed by atoms with Gasteiger partial charge in [-0.1, -0.05) is 77.3 Å². The van der Waals surface area contributed by atoms with Crippen molar-refractivity contribution in [1.29, 1.82) is 0 Å². The van der Waals surface area contributed by atoms with Crippen LogP contribution in [0.1, 0.15) is 58.6 Å². The van der Waals surface area contributed by atoms with Crippen molar-refractivity contribution in [2.45, 2.75) is 59.0 Å². The molecule has 0 aliphatic heterocycles. The molecule has 0 fully saturated rings. The lowest BCUT2D eigenvalue weighted by molar-refractivity contribution is -0.124. The SMILES string of the molecule is CCC(CC)C(NC(=O)[C@@H](N)C(C)CC)c1ccccc1. The van der Waals surface area contributed by atoms with E-state index in [4.69, 9.17) is 5.73 Å². The fourth-order valence-corrected chi connectivity index (χ4v) is 2.66. The molecule has 1 rings (SSSR count). The quantitative estimate of drug-likeness (QED) is 0.767. The van der Waals surface area contributed by atoms with E-state index >= 15 is 0 Å². The van der Waals surface area contributed by atoms with Crippen LogP contribution in [0.5, 0.6) is 0 Å². The lowest BCUT2D eigenvalue weighted by Gasteiger charge is -2.29. The summed E-state index contributed by atoms with van der Waals surface area (Å²) < 4.78 is 0. The summed E-state index contributed by atoms with van der Waals surface area (Å²) in [6, 6.07) is 9.81. The number of nitrogens with two attached hydrogens (primary N) is 1. The van der Waals surface area contributed by atoms with Gasteiger partial charge in [0, 0.05) is 0 Å². The van der Waals surface area contributed by atoms with Crippen LogP contribution in [0.15, 0.2) is 30.3 Å². The molecule has 1 aromatic rings. The number of rotatable bonds is 8. The highest BCUT2D eigenvalue weighted by Crippen LogP contribution is 2.27. The van der Waals surface area contributed by atoms with E-state index in [0.717, 1.165) is 24.8 Å². The van der Waals surface area contributed by atoms with Crippen LogP contribution < -0.4 is 11.1 Å². The molecule has 21 heavy (non-hydrogen) atoms. The average Bonchev–Trinajstić information content (AvgIpc) is 2.54. The first-order valence-corrected chi connectivity index (χ1v) is 8.15. The molecule has 2 unspecified atom stereocenters. The Morgan fingerprint density at radius 1 is 1.10 bits per heavy atom. The molecule has 0 aliphatic carbocycles. The Morgan fingerprint density at radius 3 is 2.14 bits per heavy atom. The third-order valence-electron chi connectivity index (χ3n) is 4.54. The zero-order valence-corrected chi connectivity index (χ0v) is 13.8. The topological polar surface area (TPSA) is 55.1 Å². The van der Waals surface area contributed by atoms with Gasteiger partial charge in [-0.05, 0) is 17.4 Å². The molecule has 0 spiro atoms. The van der Waals surface area contributed by atoms with Gasteiger partial charge in [-0.25, -0.2) is 0 Å². The van der Waals surface area contributed by atoms with E-state index in [-0.39, 0.29) is 17.9 Å². The van der Waals surface area contributed by atoms with Crippen molar-refractivity contribution in [1.82, 2.24) is 5.32 Å². The maximum absolute atomic E-state index is 12.4. The van der Waals surface area contributed by atoms with Gasteiger partial charge in [0.15, 0.2) is 0 Å². The van der Waals surface area contributed by atoms with Crippen LogP contribution in [0.4, 0.5) is 0 Å². The summed E-state index contributed by atoms with van der Waals surface area (Å²) in [5.74, 6) is 0.591. The summed E-state index contributed by atoms with van der Waals surface area (Å²) in [6.45, 7) is 8.43. The molecule has 3 N–H and O–H groups in total. The molecule has 0 saturated carbocycles. The molecule has 0 aliphatic rings. The van der Waals surface area contributed by atoms with E-state index in [0.29, 0.717) is 5.92 Å². The van der Waals surface area contributed by atoms with Gasteiger partial charge in [0.05, 0.1) is 12.1 Å². The van der Waals surface area contributed by atoms with Gasteiger partial charge in [0.1, 0.15) is 0 Å². The standard InChI is InChI=1S/C18H30N2O/c1-5-13(4)16(19)18(21)20-17(14(6-2)7-3)15-11-9-8-10-12-15/h8-14,16-17H,5-7,19H2,1-4H3,(H,20,21)/t13?,16-,17?/m0/s1. The minimum atomic E-state index is -0.435. The maximum atomic E-state index is 12.4. The third kappa shape index (κ3) is 4.85. The van der Waals surface area contributed by atoms with Crippen LogP contribution in [-0.2, 0) is 4.79 Å². The minimum Gasteiger partial charge on any atom is -0.348 e. The normalized spacial score (nSPS) is 15.5. The van der Waals surface area contributed by atoms with E-state index in [2.05, 4.69) is 38.2 Å². The number of hydrogen-bond donors (Lipinski definition) is 2. The van der Waals surface area contributed by atoms with Gasteiger partial charge in [-0.3, -0.25) is 4.79 Å². The van der Waals surface area contributed by atoms with Crippen molar-refractivity contribution in [2.24, 2.45) is 17.6 Å². The Morgan fingerprint density at radius 2 is 1.67 bits per heavy atom. The lowest BCUT2D eigenvalue weighted by atomic mass is 9.88. The van der Waals surface area contributed by atoms with Crippen molar-refractivity contribution in [3.63, 3.8) is 0 Å². The molecule has 3 heteroatoms. The highest BCUT2D eigenvalue weighted by molar-refractivity contribution is 5.82. The van der Waals surface area contributed by atoms with Crippen molar-refractivity contribution < 1.29 is 4.79 Å². The summed E-state index contributed by atoms with van der Waals surface area (Å²) >= 11 is 0. The zero-order valence-electron chi connectivity index (χ0n) is 13.8. The van der Waals surface area contributed by atoms with Gasteiger partial charge in [0.25, 0.3) is 0 Å². The van der Waals surface area contributed by atoms with Gasteiger partial charge in [0.2, 0.25) is 5.91 Å². The molecule has 0 aromatic heterocycles. The predicted molar refractivity (Wildman–Crippen MR) is 88.8 cm³/mol. The van der Waals surface area contributed by atoms with Crippen LogP contribution in [0.2, 0.25) is 0 Å². The molecule has 1 aromatic carbocycles. The molecule has 1 amide bonds. The van der Waals surface area contributed by atoms with Crippen LogP contribution in [0.3, 0.4) is 0 Å². The summed E-state index contributed by atoms with van der Waals surface area (Å²) in [7, 11) is 0. The number of benzene rings is 1. The molecule has 3 atom stereocenters. The molecule has 0 bridgehead atoms. The first-order valence-electron chi connectivity index (χ1n) is 8.15. The van der Waals surface area contributed by atoms with E-state index in [1.807, 2.05) is 25.1 Å². The van der Waals surface area contributed by atoms with Gasteiger partial charge in [-0.15, -0.1) is 0 Å². The van der Waals surface area contributed by atoms with Crippen LogP contribution in [0, 0.1) is 11.8 Å². The average molecular weight is 290 g/mol. The summed E-state index contributed by atoms with van der Waals surface area (Å²) in [4.78, 5) is 12.4. The first kappa shape index (κ1) is 17.7. The Bertz CT molecular complexity index is 414. The third-order valence-corrected chi connectivity index (χ3v) is 4.54. The highest BCUT2D eigenvalue weighted by Gasteiger charge is 2.26. The fraction of sp³-hybridized carbons (Fsp3) is 0.611. The van der Waals surface area contributed by atoms with Gasteiger partial charge in [-0.2, -0.15) is 0 Å². The van der Waals surface area contributed by atoms with E-state index in [1.165, 1.54) is 0 Å². The van der Waals surface area contributed by atoms with Crippen LogP contribution in [-0.4, -0.2) is 11.9 Å². The smallest absolute Gasteiger partial charge is 0.237 e. The molecule has 3 nitrogen and oxygen atoms in total. The summed E-state index contributed by atoms with van der Waals surface area (Å²) in [5, 5.41) is 3.19. The Balaban J connectivity index is 2.90. The minimum absolute atomic E-state index is 0.0369. The maximum Gasteiger partial charge on any atom is 0.237 e. The largest absolute Gasteiger partial charge is 0.348 e. The van der Waals surface area contributed by atoms with E-state index < -0.39 is 6.04 Å². The molecule has 0 saturated heterocycles. The van der Waals surface area contributed by atoms with Crippen molar-refractivity contribution in [2.75, 3.05) is 0 Å². The lowest BCUT2D eigenvalue weighted by Crippen LogP contribution is -2.47. The van der Waals surface area contributed by atoms with E-state index in [1.54, 1.807) is 0 Å². The Hall–Kier alpha value is -1.35. The second-order valence-electron chi connectivity index (χ2n) is 5.88. The predicted octanol–water partition coefficient (Wildman–Crippen LogP) is 3.65. The molecule has 0 radical (unpaired) electrons. The number of carbonyl (C=O) groups is 1. The molecular formula is C18H30N2O.